The average Bonchev–Trinajstić information content (AvgIpc) is 3.18. The van der Waals surface area contributed by atoms with Crippen molar-refractivity contribution >= 4 is 17.0 Å². The first-order valence-electron chi connectivity index (χ1n) is 12.0. The molecule has 0 bridgehead atoms. The molecule has 2 fully saturated rings. The van der Waals surface area contributed by atoms with Crippen LogP contribution in [0.2, 0.25) is 0 Å². The number of hydrogen-bond acceptors (Lipinski definition) is 6. The number of nitrogens with zero attached hydrogens (tertiary/aromatic N) is 5. The van der Waals surface area contributed by atoms with Gasteiger partial charge in [0.1, 0.15) is 5.69 Å². The lowest BCUT2D eigenvalue weighted by atomic mass is 9.84. The molecule has 7 nitrogen and oxygen atoms in total. The van der Waals surface area contributed by atoms with E-state index in [0.717, 1.165) is 6.42 Å². The number of benzene rings is 1. The topological polar surface area (TPSA) is 76.3 Å². The Morgan fingerprint density at radius 1 is 1.14 bits per heavy atom. The summed E-state index contributed by atoms with van der Waals surface area (Å²) in [6.07, 6.45) is 3.28. The minimum atomic E-state index is -5.14. The third-order valence-electron chi connectivity index (χ3n) is 7.12. The van der Waals surface area contributed by atoms with Crippen molar-refractivity contribution in [3.8, 4) is 17.0 Å². The fourth-order valence-corrected chi connectivity index (χ4v) is 5.29. The molecule has 2 aromatic heterocycles. The van der Waals surface area contributed by atoms with Crippen molar-refractivity contribution in [2.45, 2.75) is 50.7 Å². The second-order valence-electron chi connectivity index (χ2n) is 9.49. The van der Waals surface area contributed by atoms with E-state index in [-0.39, 0.29) is 22.8 Å². The van der Waals surface area contributed by atoms with Crippen molar-refractivity contribution in [2.24, 2.45) is 13.0 Å². The number of hydrogen-bond donors (Lipinski definition) is 1. The first-order chi connectivity index (χ1) is 17.1. The predicted octanol–water partition coefficient (Wildman–Crippen LogP) is 5.21. The van der Waals surface area contributed by atoms with Crippen LogP contribution in [0, 0.1) is 17.6 Å². The number of anilines is 1. The number of aromatic nitrogens is 4. The van der Waals surface area contributed by atoms with E-state index in [1.807, 2.05) is 0 Å². The van der Waals surface area contributed by atoms with Crippen LogP contribution in [-0.4, -0.2) is 50.7 Å². The number of aromatic hydroxyl groups is 1. The molecule has 1 N–H and O–H groups in total. The number of morpholine rings is 1. The summed E-state index contributed by atoms with van der Waals surface area (Å²) in [7, 11) is 1.52. The summed E-state index contributed by atoms with van der Waals surface area (Å²) in [5.41, 5.74) is -2.43. The van der Waals surface area contributed by atoms with Crippen molar-refractivity contribution in [2.75, 3.05) is 24.7 Å². The Balaban J connectivity index is 1.53. The van der Waals surface area contributed by atoms with Gasteiger partial charge in [-0.25, -0.2) is 18.4 Å². The SMILES string of the molecule is Cn1nc(-c2cc(C(F)(F)F)c(F)c(O)c2F)c2cnc(N3CCOCC3CC3CCCCC3)nc21. The predicted molar refractivity (Wildman–Crippen MR) is 121 cm³/mol. The summed E-state index contributed by atoms with van der Waals surface area (Å²) in [6, 6.07) is 0.398. The van der Waals surface area contributed by atoms with Gasteiger partial charge in [0.2, 0.25) is 5.95 Å². The van der Waals surface area contributed by atoms with Crippen molar-refractivity contribution in [1.29, 1.82) is 0 Å². The molecule has 0 spiro atoms. The van der Waals surface area contributed by atoms with Crippen LogP contribution in [0.3, 0.4) is 0 Å². The Hall–Kier alpha value is -3.02. The van der Waals surface area contributed by atoms with Crippen LogP contribution < -0.4 is 4.90 Å². The number of fused-ring (bicyclic) bond motifs is 1. The Bertz CT molecular complexity index is 1270. The molecule has 1 saturated heterocycles. The number of aryl methyl sites for hydroxylation is 1. The standard InChI is InChI=1S/C24H26F5N5O2/c1-33-22-16(20(32-33)15-10-17(24(27,28)29)19(26)21(35)18(15)25)11-30-23(31-22)34-7-8-36-12-14(34)9-13-5-3-2-4-6-13/h10-11,13-14,35H,2-9,12H2,1H3. The van der Waals surface area contributed by atoms with Gasteiger partial charge in [-0.2, -0.15) is 23.3 Å². The Morgan fingerprint density at radius 3 is 2.61 bits per heavy atom. The Kier molecular flexibility index (Phi) is 6.48. The van der Waals surface area contributed by atoms with Crippen LogP contribution >= 0.6 is 0 Å². The molecule has 12 heteroatoms. The third kappa shape index (κ3) is 4.46. The highest BCUT2D eigenvalue weighted by atomic mass is 19.4. The van der Waals surface area contributed by atoms with Gasteiger partial charge in [-0.3, -0.25) is 0 Å². The zero-order valence-corrected chi connectivity index (χ0v) is 19.7. The van der Waals surface area contributed by atoms with E-state index < -0.39 is 34.7 Å². The van der Waals surface area contributed by atoms with Gasteiger partial charge in [0.05, 0.1) is 30.2 Å². The van der Waals surface area contributed by atoms with E-state index in [0.29, 0.717) is 37.7 Å². The number of rotatable bonds is 4. The highest BCUT2D eigenvalue weighted by molar-refractivity contribution is 5.91. The van der Waals surface area contributed by atoms with Crippen LogP contribution in [0.1, 0.15) is 44.1 Å². The zero-order chi connectivity index (χ0) is 25.6. The lowest BCUT2D eigenvalue weighted by Gasteiger charge is -2.38. The molecule has 3 aromatic rings. The van der Waals surface area contributed by atoms with E-state index in [1.165, 1.54) is 50.0 Å². The second kappa shape index (κ2) is 9.45. The Morgan fingerprint density at radius 2 is 1.89 bits per heavy atom. The summed E-state index contributed by atoms with van der Waals surface area (Å²) in [4.78, 5) is 11.1. The molecule has 1 aromatic carbocycles. The monoisotopic (exact) mass is 511 g/mol. The lowest BCUT2D eigenvalue weighted by Crippen LogP contribution is -2.47. The number of phenols is 1. The molecule has 0 radical (unpaired) electrons. The maximum Gasteiger partial charge on any atom is 0.419 e. The normalized spacial score (nSPS) is 19.8. The average molecular weight is 511 g/mol. The van der Waals surface area contributed by atoms with Crippen molar-refractivity contribution in [3.63, 3.8) is 0 Å². The molecule has 2 aliphatic rings. The first-order valence-corrected chi connectivity index (χ1v) is 12.0. The van der Waals surface area contributed by atoms with Gasteiger partial charge in [0.25, 0.3) is 0 Å². The van der Waals surface area contributed by atoms with Gasteiger partial charge in [-0.1, -0.05) is 32.1 Å². The summed E-state index contributed by atoms with van der Waals surface area (Å²) >= 11 is 0. The van der Waals surface area contributed by atoms with Crippen LogP contribution in [0.5, 0.6) is 5.75 Å². The molecular weight excluding hydrogens is 485 g/mol. The van der Waals surface area contributed by atoms with Crippen molar-refractivity contribution in [3.05, 3.63) is 29.5 Å². The third-order valence-corrected chi connectivity index (χ3v) is 7.12. The van der Waals surface area contributed by atoms with E-state index in [4.69, 9.17) is 4.74 Å². The minimum absolute atomic E-state index is 0.0906. The number of alkyl halides is 3. The number of ether oxygens (including phenoxy) is 1. The lowest BCUT2D eigenvalue weighted by molar-refractivity contribution is -0.140. The molecule has 3 heterocycles. The highest BCUT2D eigenvalue weighted by Crippen LogP contribution is 2.41. The summed E-state index contributed by atoms with van der Waals surface area (Å²) in [5, 5.41) is 14.0. The highest BCUT2D eigenvalue weighted by Gasteiger charge is 2.38. The maximum absolute atomic E-state index is 14.7. The zero-order valence-electron chi connectivity index (χ0n) is 19.7. The second-order valence-corrected chi connectivity index (χ2v) is 9.49. The Labute approximate surface area is 203 Å². The molecule has 0 amide bonds. The molecule has 5 rings (SSSR count). The molecule has 194 valence electrons. The minimum Gasteiger partial charge on any atom is -0.503 e. The fourth-order valence-electron chi connectivity index (χ4n) is 5.29. The van der Waals surface area contributed by atoms with Gasteiger partial charge in [-0.05, 0) is 18.4 Å². The van der Waals surface area contributed by atoms with Gasteiger partial charge in [0, 0.05) is 25.4 Å². The summed E-state index contributed by atoms with van der Waals surface area (Å²) in [6.45, 7) is 1.65. The van der Waals surface area contributed by atoms with E-state index in [1.54, 1.807) is 0 Å². The molecule has 1 atom stereocenters. The molecule has 36 heavy (non-hydrogen) atoms. The quantitative estimate of drug-likeness (QED) is 0.485. The van der Waals surface area contributed by atoms with Crippen molar-refractivity contribution in [1.82, 2.24) is 19.7 Å². The smallest absolute Gasteiger partial charge is 0.419 e. The van der Waals surface area contributed by atoms with E-state index in [9.17, 15) is 27.1 Å². The molecule has 1 saturated carbocycles. The number of phenolic OH excluding ortho intramolecular Hbond substituents is 1. The van der Waals surface area contributed by atoms with Crippen LogP contribution in [-0.2, 0) is 18.0 Å². The largest absolute Gasteiger partial charge is 0.503 e. The maximum atomic E-state index is 14.7. The van der Waals surface area contributed by atoms with Gasteiger partial charge >= 0.3 is 6.18 Å². The van der Waals surface area contributed by atoms with Crippen LogP contribution in [0.25, 0.3) is 22.3 Å². The van der Waals surface area contributed by atoms with Crippen LogP contribution in [0.4, 0.5) is 27.9 Å². The summed E-state index contributed by atoms with van der Waals surface area (Å²) < 4.78 is 75.6. The molecule has 1 aliphatic heterocycles. The summed E-state index contributed by atoms with van der Waals surface area (Å²) in [5.74, 6) is -4.28. The molecular formula is C24H26F5N5O2. The van der Waals surface area contributed by atoms with E-state index in [2.05, 4.69) is 20.0 Å². The van der Waals surface area contributed by atoms with Crippen LogP contribution in [0.15, 0.2) is 12.3 Å². The first kappa shape index (κ1) is 24.7. The van der Waals surface area contributed by atoms with Crippen molar-refractivity contribution < 1.29 is 31.8 Å². The van der Waals surface area contributed by atoms with Gasteiger partial charge in [0.15, 0.2) is 23.0 Å². The fraction of sp³-hybridized carbons (Fsp3) is 0.542. The number of halogens is 5. The van der Waals surface area contributed by atoms with Gasteiger partial charge < -0.3 is 14.7 Å². The van der Waals surface area contributed by atoms with Gasteiger partial charge in [-0.15, -0.1) is 0 Å². The van der Waals surface area contributed by atoms with E-state index >= 15 is 0 Å². The molecule has 1 unspecified atom stereocenters. The molecule has 1 aliphatic carbocycles.